The Morgan fingerprint density at radius 3 is 2.45 bits per heavy atom. The second-order valence-electron chi connectivity index (χ2n) is 16.0. The van der Waals surface area contributed by atoms with E-state index in [-0.39, 0.29) is 48.0 Å². The number of carbonyl (C=O) groups excluding carboxylic acids is 5. The third-order valence-electron chi connectivity index (χ3n) is 11.5. The predicted octanol–water partition coefficient (Wildman–Crippen LogP) is 4.42. The Balaban J connectivity index is 0.949. The summed E-state index contributed by atoms with van der Waals surface area (Å²) in [4.78, 5) is 90.0. The van der Waals surface area contributed by atoms with Gasteiger partial charge in [-0.15, -0.1) is 0 Å². The number of aromatic nitrogens is 4. The summed E-state index contributed by atoms with van der Waals surface area (Å²) in [5.74, 6) is -3.20. The molecule has 310 valence electrons. The molecule has 1 unspecified atom stereocenters. The number of H-pyrrole nitrogens is 1. The first-order valence-electron chi connectivity index (χ1n) is 20.3. The average molecular weight is 816 g/mol. The summed E-state index contributed by atoms with van der Waals surface area (Å²) >= 11 is 0. The Labute approximate surface area is 344 Å². The number of hydrogen-bond acceptors (Lipinski definition) is 10. The monoisotopic (exact) mass is 815 g/mol. The quantitative estimate of drug-likeness (QED) is 0.162. The van der Waals surface area contributed by atoms with Crippen LogP contribution >= 0.6 is 0 Å². The van der Waals surface area contributed by atoms with Crippen molar-refractivity contribution >= 4 is 46.3 Å². The zero-order valence-corrected chi connectivity index (χ0v) is 33.9. The van der Waals surface area contributed by atoms with E-state index in [0.29, 0.717) is 54.8 Å². The summed E-state index contributed by atoms with van der Waals surface area (Å²) in [5.41, 5.74) is 5.00. The number of fused-ring (bicyclic) bond motifs is 2. The summed E-state index contributed by atoms with van der Waals surface area (Å²) in [7, 11) is 0. The number of rotatable bonds is 11. The Morgan fingerprint density at radius 2 is 1.75 bits per heavy atom. The second-order valence-corrected chi connectivity index (χ2v) is 16.0. The van der Waals surface area contributed by atoms with Crippen molar-refractivity contribution in [1.29, 1.82) is 0 Å². The Morgan fingerprint density at radius 1 is 0.967 bits per heavy atom. The number of nitrogens with one attached hydrogen (secondary N) is 3. The van der Waals surface area contributed by atoms with Crippen molar-refractivity contribution < 1.29 is 28.4 Å². The molecule has 8 rings (SSSR count). The molecule has 0 bridgehead atoms. The first kappa shape index (κ1) is 40.2. The van der Waals surface area contributed by atoms with Crippen molar-refractivity contribution in [2.24, 2.45) is 0 Å². The number of aryl methyl sites for hydroxylation is 2. The molecule has 15 nitrogen and oxygen atoms in total. The van der Waals surface area contributed by atoms with E-state index in [9.17, 15) is 28.8 Å². The molecule has 2 saturated heterocycles. The molecule has 3 aliphatic rings. The highest BCUT2D eigenvalue weighted by molar-refractivity contribution is 6.23. The van der Waals surface area contributed by atoms with Gasteiger partial charge in [-0.05, 0) is 92.8 Å². The van der Waals surface area contributed by atoms with Crippen LogP contribution in [0.15, 0.2) is 59.7 Å². The molecule has 16 heteroatoms. The minimum atomic E-state index is -1.17. The van der Waals surface area contributed by atoms with Gasteiger partial charge >= 0.3 is 0 Å². The Bertz CT molecular complexity index is 2630. The highest BCUT2D eigenvalue weighted by Crippen LogP contribution is 2.32. The van der Waals surface area contributed by atoms with E-state index in [0.717, 1.165) is 51.5 Å². The van der Waals surface area contributed by atoms with Gasteiger partial charge in [-0.3, -0.25) is 48.6 Å². The van der Waals surface area contributed by atoms with Crippen molar-refractivity contribution in [1.82, 2.24) is 40.2 Å². The van der Waals surface area contributed by atoms with Crippen molar-refractivity contribution in [3.8, 4) is 11.1 Å². The number of imide groups is 2. The smallest absolute Gasteiger partial charge is 0.265 e. The maximum absolute atomic E-state index is 15.4. The summed E-state index contributed by atoms with van der Waals surface area (Å²) in [6.45, 7) is 10.9. The van der Waals surface area contributed by atoms with E-state index >= 15 is 4.39 Å². The van der Waals surface area contributed by atoms with E-state index in [2.05, 4.69) is 37.4 Å². The van der Waals surface area contributed by atoms with Crippen molar-refractivity contribution in [2.75, 3.05) is 31.1 Å². The minimum absolute atomic E-state index is 0.00714. The molecule has 1 atom stereocenters. The van der Waals surface area contributed by atoms with Gasteiger partial charge in [0.25, 0.3) is 23.3 Å². The zero-order valence-electron chi connectivity index (χ0n) is 33.9. The van der Waals surface area contributed by atoms with Crippen LogP contribution in [0.5, 0.6) is 0 Å². The number of benzene rings is 2. The first-order valence-corrected chi connectivity index (χ1v) is 20.3. The van der Waals surface area contributed by atoms with E-state index < -0.39 is 35.5 Å². The third-order valence-corrected chi connectivity index (χ3v) is 11.5. The molecule has 5 aromatic rings. The normalized spacial score (nSPS) is 17.2. The topological polar surface area (TPSA) is 183 Å². The number of nitrogens with zero attached hydrogens (tertiary/aromatic N) is 6. The van der Waals surface area contributed by atoms with Gasteiger partial charge in [-0.25, -0.2) is 9.37 Å². The number of halogens is 1. The summed E-state index contributed by atoms with van der Waals surface area (Å²) in [6.07, 6.45) is 5.06. The van der Waals surface area contributed by atoms with Crippen LogP contribution in [0.3, 0.4) is 0 Å². The van der Waals surface area contributed by atoms with Crippen LogP contribution in [0.4, 0.5) is 10.2 Å². The standard InChI is InChI=1S/C44H46FN9O6/c1-5-6-27-15-25(4)49-41(57)32(27)21-47-40(56)30-18-29(19-36-33(30)22-48-54(36)24(2)3)28-7-9-37(46-20-28)52-13-11-51(12-14-52)23-26-16-31-39(34(45)17-26)44(60)53(43(31)59)35-8-10-38(55)50-42(35)58/h7,9,15-20,22,24,35H,5-6,8,10-14,21,23H2,1-4H3,(H,47,56)(H,49,57)(H,50,55,58). The molecule has 60 heavy (non-hydrogen) atoms. The van der Waals surface area contributed by atoms with Gasteiger partial charge in [0.1, 0.15) is 17.7 Å². The maximum Gasteiger partial charge on any atom is 0.265 e. The molecule has 2 fully saturated rings. The van der Waals surface area contributed by atoms with E-state index in [1.165, 1.54) is 12.1 Å². The van der Waals surface area contributed by atoms with Crippen LogP contribution in [0.2, 0.25) is 0 Å². The molecule has 3 aromatic heterocycles. The molecule has 6 heterocycles. The number of anilines is 1. The maximum atomic E-state index is 15.4. The molecule has 2 aromatic carbocycles. The molecular formula is C44H46FN9O6. The number of piperazine rings is 1. The fourth-order valence-electron chi connectivity index (χ4n) is 8.48. The largest absolute Gasteiger partial charge is 0.354 e. The van der Waals surface area contributed by atoms with Crippen LogP contribution < -0.4 is 21.1 Å². The van der Waals surface area contributed by atoms with Gasteiger partial charge in [-0.2, -0.15) is 5.10 Å². The molecule has 5 amide bonds. The predicted molar refractivity (Wildman–Crippen MR) is 221 cm³/mol. The van der Waals surface area contributed by atoms with Gasteiger partial charge in [0.2, 0.25) is 11.8 Å². The highest BCUT2D eigenvalue weighted by Gasteiger charge is 2.46. The fourth-order valence-corrected chi connectivity index (χ4v) is 8.48. The second kappa shape index (κ2) is 16.2. The number of pyridine rings is 2. The first-order chi connectivity index (χ1) is 28.8. The molecule has 3 N–H and O–H groups in total. The van der Waals surface area contributed by atoms with Crippen molar-refractivity contribution in [3.63, 3.8) is 0 Å². The molecule has 3 aliphatic heterocycles. The average Bonchev–Trinajstić information content (AvgIpc) is 3.76. The number of aromatic amines is 1. The van der Waals surface area contributed by atoms with Gasteiger partial charge in [-0.1, -0.05) is 13.3 Å². The molecule has 0 radical (unpaired) electrons. The van der Waals surface area contributed by atoms with Crippen LogP contribution in [0.25, 0.3) is 22.0 Å². The fraction of sp³-hybridized carbons (Fsp3) is 0.364. The SMILES string of the molecule is CCCc1cc(C)[nH]c(=O)c1CNC(=O)c1cc(-c2ccc(N3CCN(Cc4cc(F)c5c(c4)C(=O)N(C4CCC(=O)NC4=O)C5=O)CC3)nc2)cc2c1cnn2C(C)C. The summed E-state index contributed by atoms with van der Waals surface area (Å²) in [5, 5.41) is 10.4. The van der Waals surface area contributed by atoms with Crippen LogP contribution in [0, 0.1) is 12.7 Å². The minimum Gasteiger partial charge on any atom is -0.354 e. The van der Waals surface area contributed by atoms with Crippen LogP contribution in [-0.4, -0.2) is 91.3 Å². The van der Waals surface area contributed by atoms with E-state index in [1.54, 1.807) is 12.4 Å². The summed E-state index contributed by atoms with van der Waals surface area (Å²) < 4.78 is 17.3. The van der Waals surface area contributed by atoms with Gasteiger partial charge in [0, 0.05) is 80.1 Å². The zero-order chi connectivity index (χ0) is 42.4. The summed E-state index contributed by atoms with van der Waals surface area (Å²) in [6, 6.07) is 11.4. The molecule has 0 aliphatic carbocycles. The molecule has 0 saturated carbocycles. The lowest BCUT2D eigenvalue weighted by Crippen LogP contribution is -2.54. The van der Waals surface area contributed by atoms with Gasteiger partial charge in [0.15, 0.2) is 0 Å². The van der Waals surface area contributed by atoms with Crippen LogP contribution in [-0.2, 0) is 29.1 Å². The third kappa shape index (κ3) is 7.58. The van der Waals surface area contributed by atoms with Crippen molar-refractivity contribution in [3.05, 3.63) is 110 Å². The van der Waals surface area contributed by atoms with Gasteiger partial charge in [0.05, 0.1) is 28.4 Å². The molecule has 0 spiro atoms. The Kier molecular flexibility index (Phi) is 10.9. The number of carbonyl (C=O) groups is 5. The highest BCUT2D eigenvalue weighted by atomic mass is 19.1. The van der Waals surface area contributed by atoms with E-state index in [4.69, 9.17) is 4.98 Å². The Hall–Kier alpha value is -6.55. The van der Waals surface area contributed by atoms with Gasteiger partial charge < -0.3 is 15.2 Å². The number of amides is 5. The lowest BCUT2D eigenvalue weighted by Gasteiger charge is -2.35. The number of piperidine rings is 1. The number of hydrogen-bond donors (Lipinski definition) is 3. The lowest BCUT2D eigenvalue weighted by atomic mass is 10.00. The van der Waals surface area contributed by atoms with Crippen molar-refractivity contribution in [2.45, 2.75) is 78.6 Å². The van der Waals surface area contributed by atoms with Crippen LogP contribution in [0.1, 0.15) is 99.5 Å². The van der Waals surface area contributed by atoms with E-state index in [1.807, 2.05) is 55.8 Å². The molecular weight excluding hydrogens is 770 g/mol. The lowest BCUT2D eigenvalue weighted by molar-refractivity contribution is -0.136.